The molecule has 8 nitrogen and oxygen atoms in total. The van der Waals surface area contributed by atoms with Gasteiger partial charge < -0.3 is 24.8 Å². The zero-order chi connectivity index (χ0) is 24.2. The quantitative estimate of drug-likeness (QED) is 0.654. The molecular formula is C24H26ClFN4O4. The van der Waals surface area contributed by atoms with Gasteiger partial charge in [0.15, 0.2) is 0 Å². The molecule has 1 N–H and O–H groups in total. The van der Waals surface area contributed by atoms with Gasteiger partial charge in [-0.15, -0.1) is 0 Å². The zero-order valence-electron chi connectivity index (χ0n) is 18.8. The third kappa shape index (κ3) is 5.25. The Bertz CT molecular complexity index is 1090. The van der Waals surface area contributed by atoms with Crippen LogP contribution in [0.15, 0.2) is 42.5 Å². The number of nitrogens with one attached hydrogen (secondary N) is 1. The van der Waals surface area contributed by atoms with Crippen molar-refractivity contribution >= 4 is 35.1 Å². The third-order valence-electron chi connectivity index (χ3n) is 6.20. The molecular weight excluding hydrogens is 463 g/mol. The van der Waals surface area contributed by atoms with Crippen LogP contribution in [0, 0.1) is 5.82 Å². The molecule has 4 amide bonds. The van der Waals surface area contributed by atoms with E-state index in [2.05, 4.69) is 5.32 Å². The number of urea groups is 1. The Morgan fingerprint density at radius 1 is 1.09 bits per heavy atom. The Balaban J connectivity index is 1.31. The molecule has 2 heterocycles. The highest BCUT2D eigenvalue weighted by atomic mass is 35.5. The summed E-state index contributed by atoms with van der Waals surface area (Å²) in [6.07, 6.45) is 1.14. The second-order valence-corrected chi connectivity index (χ2v) is 8.78. The highest BCUT2D eigenvalue weighted by Crippen LogP contribution is 2.28. The molecule has 4 rings (SSSR count). The highest BCUT2D eigenvalue weighted by molar-refractivity contribution is 6.35. The summed E-state index contributed by atoms with van der Waals surface area (Å²) in [5.74, 6) is -0.995. The minimum absolute atomic E-state index is 0.113. The SMILES string of the molecule is COc1ccc(Cl)cc1NC(=O)N1CCC(N2CCN(Cc3cccc(F)c3)C(=O)C2=O)CC1. The van der Waals surface area contributed by atoms with E-state index in [1.807, 2.05) is 0 Å². The summed E-state index contributed by atoms with van der Waals surface area (Å²) in [6, 6.07) is 10.6. The van der Waals surface area contributed by atoms with Gasteiger partial charge >= 0.3 is 17.8 Å². The largest absolute Gasteiger partial charge is 0.495 e. The van der Waals surface area contributed by atoms with E-state index in [0.29, 0.717) is 61.0 Å². The summed E-state index contributed by atoms with van der Waals surface area (Å²) in [5.41, 5.74) is 1.13. The van der Waals surface area contributed by atoms with Crippen molar-refractivity contribution in [2.75, 3.05) is 38.6 Å². The van der Waals surface area contributed by atoms with Crippen molar-refractivity contribution in [1.82, 2.24) is 14.7 Å². The number of likely N-dealkylation sites (tertiary alicyclic amines) is 1. The fraction of sp³-hybridized carbons (Fsp3) is 0.375. The van der Waals surface area contributed by atoms with E-state index < -0.39 is 11.8 Å². The normalized spacial score (nSPS) is 17.2. The van der Waals surface area contributed by atoms with Crippen LogP contribution in [0.2, 0.25) is 5.02 Å². The van der Waals surface area contributed by atoms with Gasteiger partial charge in [-0.3, -0.25) is 9.59 Å². The molecule has 2 aromatic rings. The van der Waals surface area contributed by atoms with Crippen molar-refractivity contribution in [2.24, 2.45) is 0 Å². The summed E-state index contributed by atoms with van der Waals surface area (Å²) < 4.78 is 18.7. The Labute approximate surface area is 202 Å². The van der Waals surface area contributed by atoms with Crippen molar-refractivity contribution in [3.05, 3.63) is 58.9 Å². The Kier molecular flexibility index (Phi) is 7.21. The van der Waals surface area contributed by atoms with Crippen molar-refractivity contribution in [2.45, 2.75) is 25.4 Å². The minimum atomic E-state index is -0.580. The average Bonchev–Trinajstić information content (AvgIpc) is 2.82. The fourth-order valence-electron chi connectivity index (χ4n) is 4.40. The number of benzene rings is 2. The topological polar surface area (TPSA) is 82.2 Å². The van der Waals surface area contributed by atoms with E-state index in [1.165, 1.54) is 24.1 Å². The predicted molar refractivity (Wildman–Crippen MR) is 125 cm³/mol. The molecule has 0 radical (unpaired) electrons. The lowest BCUT2D eigenvalue weighted by atomic mass is 10.0. The lowest BCUT2D eigenvalue weighted by Crippen LogP contribution is -2.59. The Morgan fingerprint density at radius 2 is 1.85 bits per heavy atom. The lowest BCUT2D eigenvalue weighted by molar-refractivity contribution is -0.158. The number of carbonyl (C=O) groups is 3. The molecule has 2 aromatic carbocycles. The van der Waals surface area contributed by atoms with Gasteiger partial charge in [-0.05, 0) is 48.7 Å². The van der Waals surface area contributed by atoms with E-state index in [4.69, 9.17) is 16.3 Å². The number of halogens is 2. The summed E-state index contributed by atoms with van der Waals surface area (Å²) >= 11 is 6.03. The van der Waals surface area contributed by atoms with Gasteiger partial charge in [-0.1, -0.05) is 23.7 Å². The molecule has 0 atom stereocenters. The molecule has 0 aliphatic carbocycles. The maximum atomic E-state index is 13.4. The molecule has 2 aliphatic rings. The molecule has 2 saturated heterocycles. The van der Waals surface area contributed by atoms with E-state index in [0.717, 1.165) is 0 Å². The number of rotatable bonds is 5. The van der Waals surface area contributed by atoms with Gasteiger partial charge in [-0.2, -0.15) is 0 Å². The van der Waals surface area contributed by atoms with Crippen LogP contribution >= 0.6 is 11.6 Å². The number of hydrogen-bond donors (Lipinski definition) is 1. The van der Waals surface area contributed by atoms with Gasteiger partial charge in [0.2, 0.25) is 0 Å². The molecule has 0 bridgehead atoms. The first-order valence-electron chi connectivity index (χ1n) is 11.1. The van der Waals surface area contributed by atoms with Crippen LogP contribution in [0.3, 0.4) is 0 Å². The third-order valence-corrected chi connectivity index (χ3v) is 6.44. The second-order valence-electron chi connectivity index (χ2n) is 8.35. The van der Waals surface area contributed by atoms with Crippen LogP contribution < -0.4 is 10.1 Å². The Morgan fingerprint density at radius 3 is 2.56 bits per heavy atom. The highest BCUT2D eigenvalue weighted by Gasteiger charge is 2.38. The van der Waals surface area contributed by atoms with Crippen molar-refractivity contribution in [3.63, 3.8) is 0 Å². The number of hydrogen-bond acceptors (Lipinski definition) is 4. The summed E-state index contributed by atoms with van der Waals surface area (Å²) in [5, 5.41) is 3.31. The summed E-state index contributed by atoms with van der Waals surface area (Å²) in [6.45, 7) is 1.89. The average molecular weight is 489 g/mol. The minimum Gasteiger partial charge on any atom is -0.495 e. The number of piperidine rings is 1. The first-order valence-corrected chi connectivity index (χ1v) is 11.5. The first kappa shape index (κ1) is 23.8. The van der Waals surface area contributed by atoms with Gasteiger partial charge in [0.05, 0.1) is 12.8 Å². The number of ether oxygens (including phenoxy) is 1. The van der Waals surface area contributed by atoms with E-state index in [9.17, 15) is 18.8 Å². The zero-order valence-corrected chi connectivity index (χ0v) is 19.6. The standard InChI is InChI=1S/C24H26ClFN4O4/c1-34-21-6-5-17(25)14-20(21)27-24(33)28-9-7-19(8-10-28)30-12-11-29(22(31)23(30)32)15-16-3-2-4-18(26)13-16/h2-6,13-14,19H,7-12,15H2,1H3,(H,27,33). The van der Waals surface area contributed by atoms with Gasteiger partial charge in [-0.25, -0.2) is 9.18 Å². The number of piperazine rings is 1. The van der Waals surface area contributed by atoms with E-state index in [1.54, 1.807) is 40.1 Å². The predicted octanol–water partition coefficient (Wildman–Crippen LogP) is 3.36. The van der Waals surface area contributed by atoms with E-state index in [-0.39, 0.29) is 24.4 Å². The van der Waals surface area contributed by atoms with Crippen LogP contribution in [0.1, 0.15) is 18.4 Å². The van der Waals surface area contributed by atoms with Gasteiger partial charge in [0, 0.05) is 43.8 Å². The molecule has 34 heavy (non-hydrogen) atoms. The first-order chi connectivity index (χ1) is 16.4. The van der Waals surface area contributed by atoms with Crippen molar-refractivity contribution < 1.29 is 23.5 Å². The monoisotopic (exact) mass is 488 g/mol. The molecule has 2 aliphatic heterocycles. The number of anilines is 1. The van der Waals surface area contributed by atoms with Gasteiger partial charge in [0.25, 0.3) is 0 Å². The van der Waals surface area contributed by atoms with Crippen LogP contribution in [-0.2, 0) is 16.1 Å². The van der Waals surface area contributed by atoms with Crippen LogP contribution in [-0.4, -0.2) is 71.9 Å². The van der Waals surface area contributed by atoms with Crippen molar-refractivity contribution in [1.29, 1.82) is 0 Å². The molecule has 0 unspecified atom stereocenters. The second kappa shape index (κ2) is 10.3. The molecule has 0 saturated carbocycles. The number of amides is 4. The number of nitrogens with zero attached hydrogens (tertiary/aromatic N) is 3. The molecule has 180 valence electrons. The maximum Gasteiger partial charge on any atom is 0.321 e. The van der Waals surface area contributed by atoms with Crippen LogP contribution in [0.25, 0.3) is 0 Å². The van der Waals surface area contributed by atoms with Crippen molar-refractivity contribution in [3.8, 4) is 5.75 Å². The summed E-state index contributed by atoms with van der Waals surface area (Å²) in [7, 11) is 1.51. The maximum absolute atomic E-state index is 13.4. The fourth-order valence-corrected chi connectivity index (χ4v) is 4.57. The molecule has 0 aromatic heterocycles. The van der Waals surface area contributed by atoms with Crippen LogP contribution in [0.5, 0.6) is 5.75 Å². The molecule has 0 spiro atoms. The number of carbonyl (C=O) groups excluding carboxylic acids is 3. The van der Waals surface area contributed by atoms with Gasteiger partial charge in [0.1, 0.15) is 11.6 Å². The smallest absolute Gasteiger partial charge is 0.321 e. The van der Waals surface area contributed by atoms with Crippen LogP contribution in [0.4, 0.5) is 14.9 Å². The Hall–Kier alpha value is -3.33. The lowest BCUT2D eigenvalue weighted by Gasteiger charge is -2.42. The van der Waals surface area contributed by atoms with E-state index >= 15 is 0 Å². The molecule has 2 fully saturated rings. The molecule has 10 heteroatoms. The number of methoxy groups -OCH3 is 1. The summed E-state index contributed by atoms with van der Waals surface area (Å²) in [4.78, 5) is 42.9.